The van der Waals surface area contributed by atoms with E-state index >= 15 is 0 Å². The molecule has 3 amide bonds. The van der Waals surface area contributed by atoms with E-state index in [0.29, 0.717) is 30.8 Å². The van der Waals surface area contributed by atoms with Gasteiger partial charge in [-0.1, -0.05) is 26.0 Å². The number of aliphatic hydroxyl groups excluding tert-OH is 1. The summed E-state index contributed by atoms with van der Waals surface area (Å²) in [6.07, 6.45) is 2.03. The van der Waals surface area contributed by atoms with Crippen molar-refractivity contribution in [3.8, 4) is 23.1 Å². The summed E-state index contributed by atoms with van der Waals surface area (Å²) < 4.78 is 6.25. The number of rotatable bonds is 7. The van der Waals surface area contributed by atoms with Crippen LogP contribution in [0.15, 0.2) is 36.5 Å². The minimum atomic E-state index is -0.423. The van der Waals surface area contributed by atoms with Gasteiger partial charge in [0.25, 0.3) is 5.91 Å². The number of nitrogens with one attached hydrogen (secondary N) is 1. The number of fused-ring (bicyclic) bond motifs is 1. The highest BCUT2D eigenvalue weighted by Crippen LogP contribution is 2.30. The Morgan fingerprint density at radius 2 is 2.17 bits per heavy atom. The zero-order valence-corrected chi connectivity index (χ0v) is 20.7. The third-order valence-corrected chi connectivity index (χ3v) is 6.17. The second-order valence-corrected chi connectivity index (χ2v) is 9.00. The molecule has 9 heteroatoms. The number of carbonyl (C=O) groups is 2. The summed E-state index contributed by atoms with van der Waals surface area (Å²) in [7, 11) is 1.71. The van der Waals surface area contributed by atoms with E-state index in [1.165, 1.54) is 0 Å². The maximum atomic E-state index is 13.6. The predicted molar refractivity (Wildman–Crippen MR) is 132 cm³/mol. The van der Waals surface area contributed by atoms with Gasteiger partial charge < -0.3 is 25.0 Å². The highest BCUT2D eigenvalue weighted by Gasteiger charge is 2.34. The van der Waals surface area contributed by atoms with Crippen molar-refractivity contribution in [2.24, 2.45) is 5.92 Å². The molecule has 3 rings (SSSR count). The summed E-state index contributed by atoms with van der Waals surface area (Å²) in [5, 5.41) is 21.9. The highest BCUT2D eigenvalue weighted by atomic mass is 16.5. The van der Waals surface area contributed by atoms with Crippen molar-refractivity contribution in [3.05, 3.63) is 47.7 Å². The first-order valence-corrected chi connectivity index (χ1v) is 11.9. The molecule has 0 aliphatic carbocycles. The van der Waals surface area contributed by atoms with E-state index in [-0.39, 0.29) is 35.9 Å². The van der Waals surface area contributed by atoms with Crippen molar-refractivity contribution in [1.29, 1.82) is 5.26 Å². The molecule has 0 spiro atoms. The van der Waals surface area contributed by atoms with Gasteiger partial charge in [-0.2, -0.15) is 5.26 Å². The molecule has 186 valence electrons. The third-order valence-electron chi connectivity index (χ3n) is 6.17. The average molecular weight is 480 g/mol. The maximum absolute atomic E-state index is 13.6. The quantitative estimate of drug-likeness (QED) is 0.630. The van der Waals surface area contributed by atoms with Crippen molar-refractivity contribution in [2.75, 3.05) is 33.3 Å². The number of carbonyl (C=O) groups excluding carboxylic acids is 2. The summed E-state index contributed by atoms with van der Waals surface area (Å²) in [5.74, 6) is -0.229. The fraction of sp³-hybridized carbons (Fsp3) is 0.462. The summed E-state index contributed by atoms with van der Waals surface area (Å²) in [6.45, 7) is 6.79. The molecule has 2 heterocycles. The van der Waals surface area contributed by atoms with Crippen LogP contribution in [0.2, 0.25) is 0 Å². The molecule has 2 N–H and O–H groups in total. The fourth-order valence-electron chi connectivity index (χ4n) is 3.97. The Balaban J connectivity index is 1.99. The topological polar surface area (TPSA) is 119 Å². The second kappa shape index (κ2) is 11.7. The molecule has 0 saturated carbocycles. The molecule has 0 fully saturated rings. The van der Waals surface area contributed by atoms with Crippen LogP contribution in [0.5, 0.6) is 5.88 Å². The Hall–Kier alpha value is -3.64. The summed E-state index contributed by atoms with van der Waals surface area (Å²) in [4.78, 5) is 33.7. The van der Waals surface area contributed by atoms with Gasteiger partial charge in [0.15, 0.2) is 0 Å². The van der Waals surface area contributed by atoms with Gasteiger partial charge in [0.05, 0.1) is 30.8 Å². The van der Waals surface area contributed by atoms with Gasteiger partial charge in [0.1, 0.15) is 11.7 Å². The van der Waals surface area contributed by atoms with Gasteiger partial charge in [-0.3, -0.25) is 4.79 Å². The van der Waals surface area contributed by atoms with Crippen LogP contribution in [0.1, 0.15) is 43.1 Å². The van der Waals surface area contributed by atoms with E-state index in [1.54, 1.807) is 54.2 Å². The Morgan fingerprint density at radius 1 is 1.40 bits per heavy atom. The van der Waals surface area contributed by atoms with Crippen molar-refractivity contribution in [3.63, 3.8) is 0 Å². The van der Waals surface area contributed by atoms with Crippen molar-refractivity contribution >= 4 is 11.9 Å². The minimum Gasteiger partial charge on any atom is -0.472 e. The Morgan fingerprint density at radius 3 is 2.86 bits per heavy atom. The first kappa shape index (κ1) is 26.0. The first-order valence-electron chi connectivity index (χ1n) is 11.9. The number of urea groups is 1. The predicted octanol–water partition coefficient (Wildman–Crippen LogP) is 2.89. The number of likely N-dealkylation sites (N-methyl/N-ethyl adjacent to an activating group) is 1. The van der Waals surface area contributed by atoms with Crippen LogP contribution in [-0.4, -0.2) is 77.3 Å². The standard InChI is InChI=1S/C26H33N5O4/c1-5-9-28-26(34)30(4)15-23-17(2)14-31(18(3)16-32)25(33)22-11-21(13-29-24(22)35-23)20-8-6-7-19(10-20)12-27/h6-8,10-11,13,17-18,23,32H,5,9,14-16H2,1-4H3,(H,28,34)/t17-,18+,23+/m0/s1. The van der Waals surface area contributed by atoms with E-state index in [1.807, 2.05) is 19.9 Å². The number of nitriles is 1. The van der Waals surface area contributed by atoms with Crippen LogP contribution >= 0.6 is 0 Å². The molecule has 35 heavy (non-hydrogen) atoms. The Kier molecular flexibility index (Phi) is 8.66. The van der Waals surface area contributed by atoms with Crippen LogP contribution in [0, 0.1) is 17.2 Å². The Bertz CT molecular complexity index is 1100. The lowest BCUT2D eigenvalue weighted by atomic mass is 9.99. The SMILES string of the molecule is CCCNC(=O)N(C)C[C@H]1Oc2ncc(-c3cccc(C#N)c3)cc2C(=O)N([C@H](C)CO)C[C@@H]1C. The molecule has 0 radical (unpaired) electrons. The van der Waals surface area contributed by atoms with Crippen LogP contribution in [0.25, 0.3) is 11.1 Å². The third kappa shape index (κ3) is 6.08. The van der Waals surface area contributed by atoms with Gasteiger partial charge in [0, 0.05) is 37.8 Å². The molecule has 0 saturated heterocycles. The molecule has 0 unspecified atom stereocenters. The second-order valence-electron chi connectivity index (χ2n) is 9.00. The average Bonchev–Trinajstić information content (AvgIpc) is 2.88. The summed E-state index contributed by atoms with van der Waals surface area (Å²) in [5.41, 5.74) is 2.22. The number of hydrogen-bond donors (Lipinski definition) is 2. The molecular weight excluding hydrogens is 446 g/mol. The van der Waals surface area contributed by atoms with Crippen LogP contribution < -0.4 is 10.1 Å². The van der Waals surface area contributed by atoms with Crippen LogP contribution in [-0.2, 0) is 0 Å². The lowest BCUT2D eigenvalue weighted by Crippen LogP contribution is -2.51. The normalized spacial score (nSPS) is 18.4. The largest absolute Gasteiger partial charge is 0.472 e. The zero-order valence-electron chi connectivity index (χ0n) is 20.7. The summed E-state index contributed by atoms with van der Waals surface area (Å²) >= 11 is 0. The lowest BCUT2D eigenvalue weighted by Gasteiger charge is -2.37. The molecule has 3 atom stereocenters. The number of amides is 3. The lowest BCUT2D eigenvalue weighted by molar-refractivity contribution is 0.0352. The first-order chi connectivity index (χ1) is 16.8. The monoisotopic (exact) mass is 479 g/mol. The van der Waals surface area contributed by atoms with E-state index < -0.39 is 12.1 Å². The van der Waals surface area contributed by atoms with Gasteiger partial charge >= 0.3 is 6.03 Å². The summed E-state index contributed by atoms with van der Waals surface area (Å²) in [6, 6.07) is 10.3. The van der Waals surface area contributed by atoms with Crippen LogP contribution in [0.3, 0.4) is 0 Å². The molecule has 1 aliphatic heterocycles. The number of ether oxygens (including phenoxy) is 1. The molecule has 1 aromatic carbocycles. The smallest absolute Gasteiger partial charge is 0.317 e. The van der Waals surface area contributed by atoms with E-state index in [9.17, 15) is 20.0 Å². The number of hydrogen-bond acceptors (Lipinski definition) is 6. The van der Waals surface area contributed by atoms with Gasteiger partial charge in [-0.15, -0.1) is 0 Å². The van der Waals surface area contributed by atoms with Crippen molar-refractivity contribution in [2.45, 2.75) is 39.3 Å². The fourth-order valence-corrected chi connectivity index (χ4v) is 3.97. The number of nitrogens with zero attached hydrogens (tertiary/aromatic N) is 4. The van der Waals surface area contributed by atoms with Gasteiger partial charge in [-0.05, 0) is 37.1 Å². The molecular formula is C26H33N5O4. The number of pyridine rings is 1. The maximum Gasteiger partial charge on any atom is 0.317 e. The van der Waals surface area contributed by atoms with E-state index in [2.05, 4.69) is 16.4 Å². The number of aromatic nitrogens is 1. The number of benzene rings is 1. The molecule has 9 nitrogen and oxygen atoms in total. The van der Waals surface area contributed by atoms with Crippen LogP contribution in [0.4, 0.5) is 4.79 Å². The molecule has 2 aromatic rings. The van der Waals surface area contributed by atoms with Crippen molar-refractivity contribution < 1.29 is 19.4 Å². The molecule has 1 aliphatic rings. The van der Waals surface area contributed by atoms with Gasteiger partial charge in [-0.25, -0.2) is 9.78 Å². The van der Waals surface area contributed by atoms with Gasteiger partial charge in [0.2, 0.25) is 5.88 Å². The zero-order chi connectivity index (χ0) is 25.5. The molecule has 1 aromatic heterocycles. The van der Waals surface area contributed by atoms with Crippen molar-refractivity contribution in [1.82, 2.24) is 20.1 Å². The van der Waals surface area contributed by atoms with E-state index in [0.717, 1.165) is 12.0 Å². The number of aliphatic hydroxyl groups is 1. The van der Waals surface area contributed by atoms with E-state index in [4.69, 9.17) is 4.74 Å². The Labute approximate surface area is 206 Å². The molecule has 0 bridgehead atoms. The highest BCUT2D eigenvalue weighted by molar-refractivity contribution is 5.98. The minimum absolute atomic E-state index is 0.128.